The highest BCUT2D eigenvalue weighted by Crippen LogP contribution is 2.64. The van der Waals surface area contributed by atoms with Crippen LogP contribution in [0, 0.1) is 0 Å². The van der Waals surface area contributed by atoms with Gasteiger partial charge in [0.25, 0.3) is 0 Å². The molecule has 0 radical (unpaired) electrons. The van der Waals surface area contributed by atoms with Crippen LogP contribution >= 0.6 is 68.0 Å². The van der Waals surface area contributed by atoms with E-state index in [0.717, 1.165) is 94.1 Å². The van der Waals surface area contributed by atoms with Gasteiger partial charge in [-0.1, -0.05) is 323 Å². The van der Waals surface area contributed by atoms with E-state index in [-0.39, 0.29) is 0 Å². The summed E-state index contributed by atoms with van der Waals surface area (Å²) in [5.41, 5.74) is 6.47. The van der Waals surface area contributed by atoms with Crippen LogP contribution in [0.25, 0.3) is 64.6 Å². The molecule has 12 aromatic carbocycles. The average Bonchev–Trinajstić information content (AvgIpc) is 1.57. The van der Waals surface area contributed by atoms with Crippen LogP contribution in [0.15, 0.2) is 328 Å². The lowest BCUT2D eigenvalue weighted by Gasteiger charge is -2.26. The first-order valence-electron chi connectivity index (χ1n) is 31.9. The molecular weight excluding hydrogens is 1290 g/mol. The normalized spacial score (nSPS) is 12.9. The zero-order chi connectivity index (χ0) is 63.2. The first-order valence-corrected chi connectivity index (χ1v) is 36.8. The van der Waals surface area contributed by atoms with Gasteiger partial charge < -0.3 is 0 Å². The van der Waals surface area contributed by atoms with Crippen LogP contribution in [-0.2, 0) is 0 Å². The summed E-state index contributed by atoms with van der Waals surface area (Å²) in [5.74, 6) is 0. The molecule has 0 spiro atoms. The van der Waals surface area contributed by atoms with Gasteiger partial charge in [0.2, 0.25) is 0 Å². The smallest absolute Gasteiger partial charge is 0.111 e. The van der Waals surface area contributed by atoms with Crippen LogP contribution in [0.3, 0.4) is 0 Å². The maximum absolute atomic E-state index is 2.56. The van der Waals surface area contributed by atoms with E-state index in [9.17, 15) is 0 Å². The van der Waals surface area contributed by atoms with Gasteiger partial charge in [0.15, 0.2) is 0 Å². The van der Waals surface area contributed by atoms with Crippen LogP contribution < -0.4 is 29.4 Å². The molecule has 456 valence electrons. The lowest BCUT2D eigenvalue weighted by Crippen LogP contribution is -2.09. The van der Waals surface area contributed by atoms with Crippen molar-refractivity contribution in [1.29, 1.82) is 0 Å². The number of hydrogen-bond acceptors (Lipinski definition) is 12. The minimum absolute atomic E-state index is 1.08. The zero-order valence-corrected chi connectivity index (χ0v) is 56.2. The molecule has 12 heteroatoms. The van der Waals surface area contributed by atoms with E-state index in [1.807, 2.05) is 68.0 Å². The maximum Gasteiger partial charge on any atom is 0.111 e. The fraction of sp³-hybridized carbons (Fsp3) is 0. The SMILES string of the molecule is c1ccc(N2c3sc(c4ccccc34)N(c3ccccc3)c3sc(c4ccccc34)N(c3ccccc3)c3sc(c4ccccc34)N(c3ccccc3)c3sc(c4ccccc34)N(c3ccccc3)c3sc(c4ccccc34)N(c3ccccc3)c3sc2c2ccccc32)cc1. The summed E-state index contributed by atoms with van der Waals surface area (Å²) >= 11 is 11.1. The Morgan fingerprint density at radius 3 is 0.312 bits per heavy atom. The highest BCUT2D eigenvalue weighted by Gasteiger charge is 2.36. The maximum atomic E-state index is 2.56. The van der Waals surface area contributed by atoms with Crippen LogP contribution in [0.1, 0.15) is 0 Å². The molecule has 0 amide bonds. The van der Waals surface area contributed by atoms with Crippen molar-refractivity contribution in [2.75, 3.05) is 29.4 Å². The van der Waals surface area contributed by atoms with Crippen molar-refractivity contribution < 1.29 is 0 Å². The average molecular weight is 1340 g/mol. The topological polar surface area (TPSA) is 19.4 Å². The molecule has 0 atom stereocenters. The van der Waals surface area contributed by atoms with Gasteiger partial charge >= 0.3 is 0 Å². The summed E-state index contributed by atoms with van der Waals surface area (Å²) in [7, 11) is 0. The summed E-state index contributed by atoms with van der Waals surface area (Å²) in [6.07, 6.45) is 0. The summed E-state index contributed by atoms with van der Waals surface area (Å²) < 4.78 is 0. The molecule has 1 aliphatic rings. The Hall–Kier alpha value is -10.8. The molecule has 7 heterocycles. The Morgan fingerprint density at radius 1 is 0.115 bits per heavy atom. The molecule has 1 aliphatic heterocycles. The molecule has 6 nitrogen and oxygen atoms in total. The number of rotatable bonds is 6. The third-order valence-corrected chi connectivity index (χ3v) is 25.2. The number of anilines is 18. The van der Waals surface area contributed by atoms with Crippen LogP contribution in [0.4, 0.5) is 94.1 Å². The van der Waals surface area contributed by atoms with Gasteiger partial charge in [0.1, 0.15) is 60.0 Å². The van der Waals surface area contributed by atoms with E-state index in [2.05, 4.69) is 357 Å². The molecule has 19 rings (SSSR count). The minimum atomic E-state index is 1.08. The van der Waals surface area contributed by atoms with Crippen LogP contribution in [0.2, 0.25) is 0 Å². The van der Waals surface area contributed by atoms with E-state index >= 15 is 0 Å². The summed E-state index contributed by atoms with van der Waals surface area (Å²) in [4.78, 5) is 15.3. The third-order valence-electron chi connectivity index (χ3n) is 18.0. The minimum Gasteiger partial charge on any atom is -0.292 e. The predicted octanol–water partition coefficient (Wildman–Crippen LogP) is 28.1. The van der Waals surface area contributed by atoms with Gasteiger partial charge in [0, 0.05) is 98.8 Å². The van der Waals surface area contributed by atoms with Gasteiger partial charge in [0.05, 0.1) is 0 Å². The Bertz CT molecular complexity index is 4730. The van der Waals surface area contributed by atoms with E-state index in [1.165, 1.54) is 64.6 Å². The molecule has 0 fully saturated rings. The number of hydrogen-bond donors (Lipinski definition) is 0. The Morgan fingerprint density at radius 2 is 0.208 bits per heavy atom. The first kappa shape index (κ1) is 56.7. The van der Waals surface area contributed by atoms with Gasteiger partial charge in [-0.2, -0.15) is 0 Å². The van der Waals surface area contributed by atoms with E-state index in [4.69, 9.17) is 0 Å². The number of thiophene rings is 6. The fourth-order valence-corrected chi connectivity index (χ4v) is 22.1. The van der Waals surface area contributed by atoms with Crippen molar-refractivity contribution in [3.05, 3.63) is 328 Å². The number of para-hydroxylation sites is 6. The summed E-state index contributed by atoms with van der Waals surface area (Å²) in [6.45, 7) is 0. The Kier molecular flexibility index (Phi) is 13.9. The van der Waals surface area contributed by atoms with Crippen molar-refractivity contribution in [3.8, 4) is 0 Å². The Labute approximate surface area is 579 Å². The van der Waals surface area contributed by atoms with Gasteiger partial charge in [-0.25, -0.2) is 0 Å². The van der Waals surface area contributed by atoms with Crippen molar-refractivity contribution in [2.45, 2.75) is 0 Å². The van der Waals surface area contributed by atoms with E-state index in [0.29, 0.717) is 0 Å². The van der Waals surface area contributed by atoms with Crippen molar-refractivity contribution in [3.63, 3.8) is 0 Å². The monoisotopic (exact) mass is 1340 g/mol. The summed E-state index contributed by atoms with van der Waals surface area (Å²) in [5, 5.41) is 27.5. The van der Waals surface area contributed by atoms with Crippen molar-refractivity contribution in [2.24, 2.45) is 0 Å². The molecule has 18 aromatic rings. The standard InChI is InChI=1S/C84H54N6S6/c1-7-31-55(32-8-1)85-73-61-43-19-21-45-63(61)75(91-73)86(56-33-9-2-10-34-56)77-65-47-23-25-49-67(65)79(93-77)88(58-37-13-4-14-38-58)81-69-51-27-29-53-71(69)83(95-81)90(60-41-17-6-18-42-60)84-72-54-30-28-52-70(72)82(96-84)89(59-39-15-5-16-40-59)80-68-50-26-24-48-66(68)78(94-80)87(57-35-11-3-12-36-57)76-64-46-22-20-44-62(64)74(85)92-76/h1-54H. The molecule has 0 aliphatic carbocycles. The summed E-state index contributed by atoms with van der Waals surface area (Å²) in [6, 6.07) is 121. The Balaban J connectivity index is 0.976. The van der Waals surface area contributed by atoms with E-state index in [1.54, 1.807) is 0 Å². The molecule has 0 saturated heterocycles. The first-order chi connectivity index (χ1) is 47.7. The third kappa shape index (κ3) is 9.20. The quantitative estimate of drug-likeness (QED) is 0.164. The highest BCUT2D eigenvalue weighted by molar-refractivity contribution is 7.28. The molecule has 0 saturated carbocycles. The van der Waals surface area contributed by atoms with Crippen LogP contribution in [-0.4, -0.2) is 0 Å². The molecule has 0 N–H and O–H groups in total. The molecule has 6 aromatic heterocycles. The lowest BCUT2D eigenvalue weighted by molar-refractivity contribution is 1.37. The molecular formula is C84H54N6S6. The fourth-order valence-electron chi connectivity index (χ4n) is 13.8. The van der Waals surface area contributed by atoms with Gasteiger partial charge in [-0.3, -0.25) is 29.4 Å². The van der Waals surface area contributed by atoms with Crippen molar-refractivity contribution >= 4 is 227 Å². The zero-order valence-electron chi connectivity index (χ0n) is 51.3. The van der Waals surface area contributed by atoms with Crippen molar-refractivity contribution in [1.82, 2.24) is 0 Å². The van der Waals surface area contributed by atoms with E-state index < -0.39 is 0 Å². The lowest BCUT2D eigenvalue weighted by atomic mass is 10.1. The second-order valence-electron chi connectivity index (χ2n) is 23.6. The van der Waals surface area contributed by atoms with Gasteiger partial charge in [-0.15, -0.1) is 0 Å². The van der Waals surface area contributed by atoms with Crippen LogP contribution in [0.5, 0.6) is 0 Å². The molecule has 12 bridgehead atoms. The largest absolute Gasteiger partial charge is 0.292 e. The molecule has 0 unspecified atom stereocenters. The molecule has 96 heavy (non-hydrogen) atoms. The van der Waals surface area contributed by atoms with Gasteiger partial charge in [-0.05, 0) is 72.8 Å². The second kappa shape index (κ2) is 23.6. The highest BCUT2D eigenvalue weighted by atomic mass is 32.1. The number of nitrogens with zero attached hydrogens (tertiary/aromatic N) is 6. The number of benzene rings is 12. The predicted molar refractivity (Wildman–Crippen MR) is 420 cm³/mol. The second-order valence-corrected chi connectivity index (χ2v) is 29.4.